The first-order valence-electron chi connectivity index (χ1n) is 5.51. The van der Waals surface area contributed by atoms with Gasteiger partial charge in [-0.3, -0.25) is 4.79 Å². The molecule has 94 valence electrons. The Bertz CT molecular complexity index is 356. The molecule has 0 bridgehead atoms. The molecule has 0 aliphatic heterocycles. The number of thioether (sulfide) groups is 1. The van der Waals surface area contributed by atoms with Gasteiger partial charge in [0.15, 0.2) is 0 Å². The Morgan fingerprint density at radius 1 is 1.47 bits per heavy atom. The Morgan fingerprint density at radius 2 is 2.12 bits per heavy atom. The summed E-state index contributed by atoms with van der Waals surface area (Å²) in [5, 5.41) is 3.21. The predicted octanol–water partition coefficient (Wildman–Crippen LogP) is 2.39. The normalized spacial score (nSPS) is 12.2. The number of amides is 1. The molecule has 5 heteroatoms. The fourth-order valence-corrected chi connectivity index (χ4v) is 2.45. The van der Waals surface area contributed by atoms with Crippen LogP contribution in [0.1, 0.15) is 13.3 Å². The summed E-state index contributed by atoms with van der Waals surface area (Å²) in [7, 11) is 0. The molecule has 0 saturated carbocycles. The molecule has 0 spiro atoms. The number of rotatable bonds is 6. The van der Waals surface area contributed by atoms with Gasteiger partial charge in [-0.25, -0.2) is 0 Å². The largest absolute Gasteiger partial charge is 0.355 e. The second-order valence-corrected chi connectivity index (χ2v) is 6.15. The summed E-state index contributed by atoms with van der Waals surface area (Å²) in [6.07, 6.45) is 0.398. The molecule has 1 aromatic carbocycles. The molecule has 0 fully saturated rings. The number of hydrogen-bond donors (Lipinski definition) is 2. The Labute approximate surface area is 115 Å². The summed E-state index contributed by atoms with van der Waals surface area (Å²) in [5.74, 6) is 0.0238. The van der Waals surface area contributed by atoms with E-state index in [2.05, 4.69) is 40.3 Å². The molecule has 0 saturated heterocycles. The van der Waals surface area contributed by atoms with E-state index in [0.717, 1.165) is 4.47 Å². The zero-order valence-electron chi connectivity index (χ0n) is 9.78. The van der Waals surface area contributed by atoms with Crippen LogP contribution in [0, 0.1) is 0 Å². The fraction of sp³-hybridized carbons (Fsp3) is 0.417. The minimum Gasteiger partial charge on any atom is -0.355 e. The molecule has 1 unspecified atom stereocenters. The Balaban J connectivity index is 2.31. The van der Waals surface area contributed by atoms with Crippen molar-refractivity contribution in [2.24, 2.45) is 5.73 Å². The first kappa shape index (κ1) is 14.5. The van der Waals surface area contributed by atoms with Crippen LogP contribution in [0.15, 0.2) is 33.6 Å². The Hall–Kier alpha value is -0.520. The van der Waals surface area contributed by atoms with E-state index in [1.807, 2.05) is 12.1 Å². The highest BCUT2D eigenvalue weighted by atomic mass is 79.9. The Kier molecular flexibility index (Phi) is 6.62. The average Bonchev–Trinajstić information content (AvgIpc) is 2.30. The molecule has 3 N–H and O–H groups in total. The second-order valence-electron chi connectivity index (χ2n) is 3.73. The molecule has 0 heterocycles. The van der Waals surface area contributed by atoms with E-state index in [0.29, 0.717) is 24.8 Å². The second kappa shape index (κ2) is 7.74. The van der Waals surface area contributed by atoms with E-state index >= 15 is 0 Å². The highest BCUT2D eigenvalue weighted by molar-refractivity contribution is 9.10. The van der Waals surface area contributed by atoms with Crippen molar-refractivity contribution in [2.75, 3.05) is 13.1 Å². The quantitative estimate of drug-likeness (QED) is 0.792. The SMILES string of the molecule is CC(CNC(=O)CCN)Sc1ccc(Br)cc1. The lowest BCUT2D eigenvalue weighted by Crippen LogP contribution is -2.30. The molecule has 0 aliphatic carbocycles. The van der Waals surface area contributed by atoms with Gasteiger partial charge in [0, 0.05) is 34.1 Å². The van der Waals surface area contributed by atoms with E-state index in [1.54, 1.807) is 11.8 Å². The van der Waals surface area contributed by atoms with Gasteiger partial charge >= 0.3 is 0 Å². The summed E-state index contributed by atoms with van der Waals surface area (Å²) in [6, 6.07) is 8.16. The summed E-state index contributed by atoms with van der Waals surface area (Å²) in [5.41, 5.74) is 5.30. The average molecular weight is 317 g/mol. The molecule has 1 amide bonds. The molecule has 0 aliphatic rings. The van der Waals surface area contributed by atoms with Crippen LogP contribution in [0.5, 0.6) is 0 Å². The van der Waals surface area contributed by atoms with Gasteiger partial charge in [0.2, 0.25) is 5.91 Å². The highest BCUT2D eigenvalue weighted by Crippen LogP contribution is 2.24. The zero-order chi connectivity index (χ0) is 12.7. The number of carbonyl (C=O) groups is 1. The van der Waals surface area contributed by atoms with Gasteiger partial charge in [0.1, 0.15) is 0 Å². The molecule has 17 heavy (non-hydrogen) atoms. The summed E-state index contributed by atoms with van der Waals surface area (Å²) < 4.78 is 1.07. The van der Waals surface area contributed by atoms with Crippen molar-refractivity contribution in [1.29, 1.82) is 0 Å². The van der Waals surface area contributed by atoms with Crippen molar-refractivity contribution in [1.82, 2.24) is 5.32 Å². The topological polar surface area (TPSA) is 55.1 Å². The lowest BCUT2D eigenvalue weighted by atomic mass is 10.4. The molecule has 0 radical (unpaired) electrons. The van der Waals surface area contributed by atoms with Crippen molar-refractivity contribution in [3.8, 4) is 0 Å². The van der Waals surface area contributed by atoms with Crippen molar-refractivity contribution >= 4 is 33.6 Å². The van der Waals surface area contributed by atoms with Gasteiger partial charge in [0.25, 0.3) is 0 Å². The van der Waals surface area contributed by atoms with Crippen LogP contribution in [0.25, 0.3) is 0 Å². The van der Waals surface area contributed by atoms with Crippen molar-refractivity contribution in [3.63, 3.8) is 0 Å². The highest BCUT2D eigenvalue weighted by Gasteiger charge is 2.06. The Morgan fingerprint density at radius 3 is 2.71 bits per heavy atom. The van der Waals surface area contributed by atoms with Crippen molar-refractivity contribution in [2.45, 2.75) is 23.5 Å². The third kappa shape index (κ3) is 6.10. The van der Waals surface area contributed by atoms with Crippen molar-refractivity contribution < 1.29 is 4.79 Å². The van der Waals surface area contributed by atoms with E-state index in [4.69, 9.17) is 5.73 Å². The number of nitrogens with two attached hydrogens (primary N) is 1. The minimum absolute atomic E-state index is 0.0238. The number of nitrogens with one attached hydrogen (secondary N) is 1. The molecule has 3 nitrogen and oxygen atoms in total. The molecule has 1 atom stereocenters. The van der Waals surface area contributed by atoms with Gasteiger partial charge in [-0.1, -0.05) is 22.9 Å². The standard InChI is InChI=1S/C12H17BrN2OS/c1-9(8-15-12(16)6-7-14)17-11-4-2-10(13)3-5-11/h2-5,9H,6-8,14H2,1H3,(H,15,16). The summed E-state index contributed by atoms with van der Waals surface area (Å²) >= 11 is 5.15. The minimum atomic E-state index is 0.0238. The van der Waals surface area contributed by atoms with Crippen LogP contribution in [-0.4, -0.2) is 24.2 Å². The smallest absolute Gasteiger partial charge is 0.221 e. The van der Waals surface area contributed by atoms with E-state index in [-0.39, 0.29) is 5.91 Å². The molecule has 0 aromatic heterocycles. The molecule has 1 aromatic rings. The van der Waals surface area contributed by atoms with Crippen LogP contribution in [0.4, 0.5) is 0 Å². The van der Waals surface area contributed by atoms with Crippen LogP contribution in [0.2, 0.25) is 0 Å². The molecule has 1 rings (SSSR count). The summed E-state index contributed by atoms with van der Waals surface area (Å²) in [6.45, 7) is 3.16. The monoisotopic (exact) mass is 316 g/mol. The van der Waals surface area contributed by atoms with Crippen LogP contribution in [0.3, 0.4) is 0 Å². The first-order chi connectivity index (χ1) is 8.11. The molecular weight excluding hydrogens is 300 g/mol. The lowest BCUT2D eigenvalue weighted by Gasteiger charge is -2.12. The first-order valence-corrected chi connectivity index (χ1v) is 7.18. The predicted molar refractivity (Wildman–Crippen MR) is 76.1 cm³/mol. The maximum Gasteiger partial charge on any atom is 0.221 e. The molecular formula is C12H17BrN2OS. The van der Waals surface area contributed by atoms with Gasteiger partial charge in [-0.2, -0.15) is 0 Å². The fourth-order valence-electron chi connectivity index (χ4n) is 1.26. The lowest BCUT2D eigenvalue weighted by molar-refractivity contribution is -0.120. The number of carbonyl (C=O) groups excluding carboxylic acids is 1. The van der Waals surface area contributed by atoms with Crippen LogP contribution in [-0.2, 0) is 4.79 Å². The van der Waals surface area contributed by atoms with Crippen LogP contribution < -0.4 is 11.1 Å². The van der Waals surface area contributed by atoms with E-state index in [9.17, 15) is 4.79 Å². The van der Waals surface area contributed by atoms with Gasteiger partial charge in [-0.05, 0) is 24.3 Å². The third-order valence-electron chi connectivity index (χ3n) is 2.11. The third-order valence-corrected chi connectivity index (χ3v) is 3.75. The van der Waals surface area contributed by atoms with Gasteiger partial charge in [0.05, 0.1) is 0 Å². The van der Waals surface area contributed by atoms with Gasteiger partial charge < -0.3 is 11.1 Å². The summed E-state index contributed by atoms with van der Waals surface area (Å²) in [4.78, 5) is 12.4. The van der Waals surface area contributed by atoms with E-state index < -0.39 is 0 Å². The van der Waals surface area contributed by atoms with Gasteiger partial charge in [-0.15, -0.1) is 11.8 Å². The van der Waals surface area contributed by atoms with Crippen molar-refractivity contribution in [3.05, 3.63) is 28.7 Å². The number of benzene rings is 1. The van der Waals surface area contributed by atoms with Crippen LogP contribution >= 0.6 is 27.7 Å². The zero-order valence-corrected chi connectivity index (χ0v) is 12.2. The number of hydrogen-bond acceptors (Lipinski definition) is 3. The maximum atomic E-state index is 11.2. The van der Waals surface area contributed by atoms with E-state index in [1.165, 1.54) is 4.90 Å². The number of halogens is 1. The maximum absolute atomic E-state index is 11.2.